The van der Waals surface area contributed by atoms with Crippen LogP contribution in [0.1, 0.15) is 16.7 Å². The summed E-state index contributed by atoms with van der Waals surface area (Å²) in [4.78, 5) is 23.3. The number of amides is 1. The maximum absolute atomic E-state index is 11.9. The van der Waals surface area contributed by atoms with Crippen LogP contribution in [0.3, 0.4) is 0 Å². The van der Waals surface area contributed by atoms with E-state index in [1.54, 1.807) is 6.08 Å². The zero-order chi connectivity index (χ0) is 16.7. The highest BCUT2D eigenvalue weighted by Crippen LogP contribution is 2.06. The largest absolute Gasteiger partial charge is 0.480 e. The van der Waals surface area contributed by atoms with E-state index < -0.39 is 17.9 Å². The first kappa shape index (κ1) is 16.5. The number of rotatable bonds is 6. The molecule has 2 N–H and O–H groups in total. The zero-order valence-electron chi connectivity index (χ0n) is 12.9. The number of carboxylic acid groups (broad SMARTS) is 1. The molecule has 0 fully saturated rings. The summed E-state index contributed by atoms with van der Waals surface area (Å²) in [5.41, 5.74) is 2.86. The highest BCUT2D eigenvalue weighted by molar-refractivity contribution is 5.94. The summed E-state index contributed by atoms with van der Waals surface area (Å²) in [6.45, 7) is 1.97. The van der Waals surface area contributed by atoms with Gasteiger partial charge < -0.3 is 10.4 Å². The molecule has 2 aromatic rings. The molecule has 23 heavy (non-hydrogen) atoms. The van der Waals surface area contributed by atoms with Crippen molar-refractivity contribution in [3.05, 3.63) is 77.4 Å². The van der Waals surface area contributed by atoms with Gasteiger partial charge in [-0.2, -0.15) is 0 Å². The second kappa shape index (κ2) is 7.94. The number of benzene rings is 2. The molecule has 4 heteroatoms. The summed E-state index contributed by atoms with van der Waals surface area (Å²) >= 11 is 0. The molecule has 0 saturated carbocycles. The van der Waals surface area contributed by atoms with Crippen molar-refractivity contribution in [1.82, 2.24) is 5.32 Å². The number of carboxylic acids is 1. The van der Waals surface area contributed by atoms with Crippen LogP contribution in [0, 0.1) is 6.92 Å². The lowest BCUT2D eigenvalue weighted by Crippen LogP contribution is -2.41. The minimum absolute atomic E-state index is 0.250. The average molecular weight is 309 g/mol. The van der Waals surface area contributed by atoms with Gasteiger partial charge in [0, 0.05) is 12.5 Å². The van der Waals surface area contributed by atoms with E-state index in [0.29, 0.717) is 0 Å². The molecule has 0 aliphatic carbocycles. The van der Waals surface area contributed by atoms with Crippen LogP contribution in [-0.4, -0.2) is 23.0 Å². The second-order valence-corrected chi connectivity index (χ2v) is 5.34. The van der Waals surface area contributed by atoms with Crippen LogP contribution in [0.15, 0.2) is 60.7 Å². The van der Waals surface area contributed by atoms with Crippen LogP contribution in [0.25, 0.3) is 6.08 Å². The zero-order valence-corrected chi connectivity index (χ0v) is 12.9. The molecule has 0 aliphatic rings. The lowest BCUT2D eigenvalue weighted by atomic mass is 10.1. The van der Waals surface area contributed by atoms with E-state index in [1.165, 1.54) is 6.08 Å². The number of nitrogens with one attached hydrogen (secondary N) is 1. The Morgan fingerprint density at radius 3 is 2.52 bits per heavy atom. The van der Waals surface area contributed by atoms with Gasteiger partial charge in [0.1, 0.15) is 6.04 Å². The minimum atomic E-state index is -1.05. The van der Waals surface area contributed by atoms with Gasteiger partial charge >= 0.3 is 5.97 Å². The van der Waals surface area contributed by atoms with Crippen molar-refractivity contribution in [1.29, 1.82) is 0 Å². The summed E-state index contributed by atoms with van der Waals surface area (Å²) in [7, 11) is 0. The van der Waals surface area contributed by atoms with E-state index in [2.05, 4.69) is 5.32 Å². The fourth-order valence-corrected chi connectivity index (χ4v) is 2.22. The molecule has 0 aromatic heterocycles. The van der Waals surface area contributed by atoms with Gasteiger partial charge in [-0.15, -0.1) is 0 Å². The smallest absolute Gasteiger partial charge is 0.326 e. The van der Waals surface area contributed by atoms with Crippen molar-refractivity contribution in [3.63, 3.8) is 0 Å². The molecule has 4 nitrogen and oxygen atoms in total. The lowest BCUT2D eigenvalue weighted by molar-refractivity contribution is -0.141. The fraction of sp³-hybridized carbons (Fsp3) is 0.158. The van der Waals surface area contributed by atoms with Crippen molar-refractivity contribution < 1.29 is 14.7 Å². The van der Waals surface area contributed by atoms with E-state index in [-0.39, 0.29) is 6.42 Å². The van der Waals surface area contributed by atoms with Crippen molar-refractivity contribution >= 4 is 18.0 Å². The quantitative estimate of drug-likeness (QED) is 0.806. The van der Waals surface area contributed by atoms with Gasteiger partial charge in [0.05, 0.1) is 0 Å². The Balaban J connectivity index is 1.99. The van der Waals surface area contributed by atoms with Gasteiger partial charge in [0.2, 0.25) is 5.91 Å². The van der Waals surface area contributed by atoms with Crippen LogP contribution in [0.4, 0.5) is 0 Å². The van der Waals surface area contributed by atoms with Crippen LogP contribution < -0.4 is 5.32 Å². The lowest BCUT2D eigenvalue weighted by Gasteiger charge is -2.13. The third kappa shape index (κ3) is 5.43. The van der Waals surface area contributed by atoms with Gasteiger partial charge in [-0.1, -0.05) is 60.2 Å². The molecule has 2 rings (SSSR count). The standard InChI is InChI=1S/C19H19NO3/c1-14-6-5-9-16(12-14)10-11-18(21)20-17(19(22)23)13-15-7-3-2-4-8-15/h2-12,17H,13H2,1H3,(H,20,21)(H,22,23)/b11-10+/t17-/m1/s1. The van der Waals surface area contributed by atoms with Crippen LogP contribution in [-0.2, 0) is 16.0 Å². The van der Waals surface area contributed by atoms with Gasteiger partial charge in [0.25, 0.3) is 0 Å². The molecule has 1 atom stereocenters. The summed E-state index contributed by atoms with van der Waals surface area (Å²) in [5.74, 6) is -1.47. The Hall–Kier alpha value is -2.88. The predicted molar refractivity (Wildman–Crippen MR) is 89.9 cm³/mol. The van der Waals surface area contributed by atoms with E-state index in [0.717, 1.165) is 16.7 Å². The monoisotopic (exact) mass is 309 g/mol. The van der Waals surface area contributed by atoms with Crippen molar-refractivity contribution in [3.8, 4) is 0 Å². The number of hydrogen-bond donors (Lipinski definition) is 2. The molecule has 1 amide bonds. The molecule has 0 heterocycles. The van der Waals surface area contributed by atoms with Gasteiger partial charge in [-0.25, -0.2) is 4.79 Å². The molecule has 2 aromatic carbocycles. The highest BCUT2D eigenvalue weighted by Gasteiger charge is 2.19. The van der Waals surface area contributed by atoms with Crippen LogP contribution in [0.5, 0.6) is 0 Å². The van der Waals surface area contributed by atoms with E-state index in [4.69, 9.17) is 0 Å². The Kier molecular flexibility index (Phi) is 5.69. The van der Waals surface area contributed by atoms with Crippen molar-refractivity contribution in [2.75, 3.05) is 0 Å². The summed E-state index contributed by atoms with van der Waals surface area (Å²) in [5, 5.41) is 11.8. The SMILES string of the molecule is Cc1cccc(/C=C/C(=O)N[C@H](Cc2ccccc2)C(=O)O)c1. The Bertz CT molecular complexity index is 708. The molecular formula is C19H19NO3. The summed E-state index contributed by atoms with van der Waals surface area (Å²) in [6.07, 6.45) is 3.28. The molecule has 0 bridgehead atoms. The van der Waals surface area contributed by atoms with E-state index in [9.17, 15) is 14.7 Å². The third-order valence-electron chi connectivity index (χ3n) is 3.37. The Morgan fingerprint density at radius 1 is 1.13 bits per heavy atom. The predicted octanol–water partition coefficient (Wildman–Crippen LogP) is 2.82. The maximum atomic E-state index is 11.9. The number of carbonyl (C=O) groups excluding carboxylic acids is 1. The first-order valence-electron chi connectivity index (χ1n) is 7.36. The summed E-state index contributed by atoms with van der Waals surface area (Å²) < 4.78 is 0. The highest BCUT2D eigenvalue weighted by atomic mass is 16.4. The molecule has 0 spiro atoms. The van der Waals surface area contributed by atoms with Crippen molar-refractivity contribution in [2.45, 2.75) is 19.4 Å². The number of hydrogen-bond acceptors (Lipinski definition) is 2. The van der Waals surface area contributed by atoms with Crippen LogP contribution in [0.2, 0.25) is 0 Å². The number of aryl methyl sites for hydroxylation is 1. The molecule has 0 unspecified atom stereocenters. The molecular weight excluding hydrogens is 290 g/mol. The van der Waals surface area contributed by atoms with E-state index in [1.807, 2.05) is 61.5 Å². The first-order chi connectivity index (χ1) is 11.0. The number of aliphatic carboxylic acids is 1. The topological polar surface area (TPSA) is 66.4 Å². The first-order valence-corrected chi connectivity index (χ1v) is 7.36. The van der Waals surface area contributed by atoms with Gasteiger partial charge in [0.15, 0.2) is 0 Å². The number of carbonyl (C=O) groups is 2. The van der Waals surface area contributed by atoms with E-state index >= 15 is 0 Å². The second-order valence-electron chi connectivity index (χ2n) is 5.34. The van der Waals surface area contributed by atoms with Gasteiger partial charge in [-0.05, 0) is 24.1 Å². The van der Waals surface area contributed by atoms with Gasteiger partial charge in [-0.3, -0.25) is 4.79 Å². The molecule has 0 radical (unpaired) electrons. The van der Waals surface area contributed by atoms with Crippen LogP contribution >= 0.6 is 0 Å². The maximum Gasteiger partial charge on any atom is 0.326 e. The normalized spacial score (nSPS) is 12.0. The average Bonchev–Trinajstić information content (AvgIpc) is 2.53. The van der Waals surface area contributed by atoms with Crippen molar-refractivity contribution in [2.24, 2.45) is 0 Å². The fourth-order valence-electron chi connectivity index (χ4n) is 2.22. The Labute approximate surface area is 135 Å². The third-order valence-corrected chi connectivity index (χ3v) is 3.37. The minimum Gasteiger partial charge on any atom is -0.480 e. The summed E-state index contributed by atoms with van der Waals surface area (Å²) in [6, 6.07) is 16.0. The molecule has 118 valence electrons. The molecule has 0 aliphatic heterocycles. The molecule has 0 saturated heterocycles. The Morgan fingerprint density at radius 2 is 1.87 bits per heavy atom.